The van der Waals surface area contributed by atoms with E-state index in [4.69, 9.17) is 10.00 Å². The predicted octanol–water partition coefficient (Wildman–Crippen LogP) is 2.50. The average Bonchev–Trinajstić information content (AvgIpc) is 3.09. The molecule has 8 heteroatoms. The van der Waals surface area contributed by atoms with Gasteiger partial charge >= 0.3 is 0 Å². The molecule has 0 spiro atoms. The van der Waals surface area contributed by atoms with Gasteiger partial charge in [-0.25, -0.2) is 4.39 Å². The third kappa shape index (κ3) is 4.17. The van der Waals surface area contributed by atoms with Gasteiger partial charge in [0.15, 0.2) is 12.4 Å². The number of ether oxygens (including phenoxy) is 1. The number of nitriles is 1. The first kappa shape index (κ1) is 16.1. The van der Waals surface area contributed by atoms with Crippen molar-refractivity contribution in [2.75, 3.05) is 11.9 Å². The van der Waals surface area contributed by atoms with E-state index in [-0.39, 0.29) is 18.4 Å². The number of rotatable bonds is 5. The van der Waals surface area contributed by atoms with Gasteiger partial charge in [0.25, 0.3) is 5.91 Å². The SMILES string of the molecule is N#Cc1ccc(OCC(=O)Nc2n[nH]c(-c3ccc(F)cc3)n2)cc1. The van der Waals surface area contributed by atoms with Crippen molar-refractivity contribution in [1.29, 1.82) is 5.26 Å². The van der Waals surface area contributed by atoms with Crippen molar-refractivity contribution in [3.63, 3.8) is 0 Å². The van der Waals surface area contributed by atoms with Gasteiger partial charge in [0.05, 0.1) is 11.6 Å². The normalized spacial score (nSPS) is 10.1. The Morgan fingerprint density at radius 2 is 1.92 bits per heavy atom. The van der Waals surface area contributed by atoms with Crippen molar-refractivity contribution < 1.29 is 13.9 Å². The number of anilines is 1. The number of hydrogen-bond acceptors (Lipinski definition) is 5. The number of nitrogens with one attached hydrogen (secondary N) is 2. The molecule has 0 fully saturated rings. The molecule has 0 aliphatic rings. The van der Waals surface area contributed by atoms with Gasteiger partial charge in [0.2, 0.25) is 5.95 Å². The number of H-pyrrole nitrogens is 1. The summed E-state index contributed by atoms with van der Waals surface area (Å²) in [5.74, 6) is 0.179. The second-order valence-electron chi connectivity index (χ2n) is 4.99. The molecule has 25 heavy (non-hydrogen) atoms. The highest BCUT2D eigenvalue weighted by molar-refractivity contribution is 5.90. The Morgan fingerprint density at radius 1 is 1.20 bits per heavy atom. The average molecular weight is 337 g/mol. The summed E-state index contributed by atoms with van der Waals surface area (Å²) >= 11 is 0. The largest absolute Gasteiger partial charge is 0.484 e. The van der Waals surface area contributed by atoms with Gasteiger partial charge in [-0.1, -0.05) is 0 Å². The van der Waals surface area contributed by atoms with Crippen LogP contribution in [0.5, 0.6) is 5.75 Å². The first-order valence-electron chi connectivity index (χ1n) is 7.25. The van der Waals surface area contributed by atoms with E-state index in [0.717, 1.165) is 0 Å². The number of carbonyl (C=O) groups excluding carboxylic acids is 1. The minimum absolute atomic E-state index is 0.0905. The number of aromatic nitrogens is 3. The highest BCUT2D eigenvalue weighted by atomic mass is 19.1. The minimum atomic E-state index is -0.436. The van der Waals surface area contributed by atoms with Crippen molar-refractivity contribution in [1.82, 2.24) is 15.2 Å². The third-order valence-corrected chi connectivity index (χ3v) is 3.21. The number of carbonyl (C=O) groups is 1. The molecule has 2 N–H and O–H groups in total. The van der Waals surface area contributed by atoms with Gasteiger partial charge in [0.1, 0.15) is 11.6 Å². The molecule has 1 aromatic heterocycles. The van der Waals surface area contributed by atoms with E-state index in [0.29, 0.717) is 22.7 Å². The summed E-state index contributed by atoms with van der Waals surface area (Å²) in [6.45, 7) is -0.230. The maximum Gasteiger partial charge on any atom is 0.264 e. The molecule has 0 saturated carbocycles. The number of hydrogen-bond donors (Lipinski definition) is 2. The van der Waals surface area contributed by atoms with Crippen LogP contribution in [0.2, 0.25) is 0 Å². The Morgan fingerprint density at radius 3 is 2.60 bits per heavy atom. The standard InChI is InChI=1S/C17H12FN5O2/c18-13-5-3-12(4-6-13)16-21-17(23-22-16)20-15(24)10-25-14-7-1-11(9-19)2-8-14/h1-8H,10H2,(H2,20,21,22,23,24). The summed E-state index contributed by atoms with van der Waals surface area (Å²) in [4.78, 5) is 16.0. The Hall–Kier alpha value is -3.73. The Bertz CT molecular complexity index is 913. The van der Waals surface area contributed by atoms with Gasteiger partial charge in [-0.05, 0) is 48.5 Å². The first-order chi connectivity index (χ1) is 12.1. The molecule has 0 radical (unpaired) electrons. The maximum absolute atomic E-state index is 12.9. The molecular weight excluding hydrogens is 325 g/mol. The summed E-state index contributed by atoms with van der Waals surface area (Å²) in [5.41, 5.74) is 1.15. The van der Waals surface area contributed by atoms with E-state index in [1.54, 1.807) is 36.4 Å². The van der Waals surface area contributed by atoms with Crippen LogP contribution < -0.4 is 10.1 Å². The fraction of sp³-hybridized carbons (Fsp3) is 0.0588. The summed E-state index contributed by atoms with van der Waals surface area (Å²) in [6, 6.07) is 14.1. The topological polar surface area (TPSA) is 104 Å². The molecule has 1 heterocycles. The molecule has 1 amide bonds. The third-order valence-electron chi connectivity index (χ3n) is 3.21. The van der Waals surface area contributed by atoms with Gasteiger partial charge in [0, 0.05) is 5.56 Å². The van der Waals surface area contributed by atoms with Crippen molar-refractivity contribution in [2.45, 2.75) is 0 Å². The molecular formula is C17H12FN5O2. The summed E-state index contributed by atoms with van der Waals surface area (Å²) in [6.07, 6.45) is 0. The smallest absolute Gasteiger partial charge is 0.264 e. The van der Waals surface area contributed by atoms with Gasteiger partial charge < -0.3 is 4.74 Å². The highest BCUT2D eigenvalue weighted by Gasteiger charge is 2.10. The highest BCUT2D eigenvalue weighted by Crippen LogP contribution is 2.16. The minimum Gasteiger partial charge on any atom is -0.484 e. The van der Waals surface area contributed by atoms with Crippen LogP contribution in [0.1, 0.15) is 5.56 Å². The van der Waals surface area contributed by atoms with Crippen molar-refractivity contribution in [2.24, 2.45) is 0 Å². The van der Waals surface area contributed by atoms with Gasteiger partial charge in [-0.2, -0.15) is 10.2 Å². The molecule has 7 nitrogen and oxygen atoms in total. The summed E-state index contributed by atoms with van der Waals surface area (Å²) in [5, 5.41) is 17.8. The Balaban J connectivity index is 1.56. The molecule has 0 bridgehead atoms. The zero-order valence-corrected chi connectivity index (χ0v) is 12.9. The summed E-state index contributed by atoms with van der Waals surface area (Å²) < 4.78 is 18.2. The molecule has 0 unspecified atom stereocenters. The van der Waals surface area contributed by atoms with Crippen LogP contribution in [0.4, 0.5) is 10.3 Å². The molecule has 2 aromatic carbocycles. The van der Waals surface area contributed by atoms with Crippen LogP contribution in [0.25, 0.3) is 11.4 Å². The zero-order valence-electron chi connectivity index (χ0n) is 12.9. The van der Waals surface area contributed by atoms with Gasteiger partial charge in [-0.15, -0.1) is 5.10 Å². The molecule has 3 rings (SSSR count). The molecule has 0 aliphatic carbocycles. The quantitative estimate of drug-likeness (QED) is 0.744. The van der Waals surface area contributed by atoms with E-state index in [1.807, 2.05) is 6.07 Å². The lowest BCUT2D eigenvalue weighted by atomic mass is 10.2. The van der Waals surface area contributed by atoms with E-state index in [9.17, 15) is 9.18 Å². The van der Waals surface area contributed by atoms with Crippen LogP contribution in [-0.2, 0) is 4.79 Å². The van der Waals surface area contributed by atoms with E-state index >= 15 is 0 Å². The second kappa shape index (κ2) is 7.23. The van der Waals surface area contributed by atoms with E-state index < -0.39 is 5.91 Å². The summed E-state index contributed by atoms with van der Waals surface area (Å²) in [7, 11) is 0. The fourth-order valence-corrected chi connectivity index (χ4v) is 1.99. The van der Waals surface area contributed by atoms with Crippen LogP contribution >= 0.6 is 0 Å². The first-order valence-corrected chi connectivity index (χ1v) is 7.25. The van der Waals surface area contributed by atoms with Crippen LogP contribution in [-0.4, -0.2) is 27.7 Å². The molecule has 124 valence electrons. The molecule has 3 aromatic rings. The van der Waals surface area contributed by atoms with Crippen LogP contribution in [0.15, 0.2) is 48.5 Å². The van der Waals surface area contributed by atoms with E-state index in [2.05, 4.69) is 20.5 Å². The van der Waals surface area contributed by atoms with Crippen LogP contribution in [0.3, 0.4) is 0 Å². The van der Waals surface area contributed by atoms with Crippen LogP contribution in [0, 0.1) is 17.1 Å². The Labute approximate surface area is 142 Å². The lowest BCUT2D eigenvalue weighted by Gasteiger charge is -2.05. The van der Waals surface area contributed by atoms with Crippen molar-refractivity contribution in [3.05, 3.63) is 59.9 Å². The number of amides is 1. The number of aromatic amines is 1. The fourth-order valence-electron chi connectivity index (χ4n) is 1.99. The lowest BCUT2D eigenvalue weighted by molar-refractivity contribution is -0.118. The monoisotopic (exact) mass is 337 g/mol. The number of benzene rings is 2. The maximum atomic E-state index is 12.9. The van der Waals surface area contributed by atoms with Gasteiger partial charge in [-0.3, -0.25) is 15.2 Å². The van der Waals surface area contributed by atoms with Crippen molar-refractivity contribution in [3.8, 4) is 23.2 Å². The number of halogens is 1. The lowest BCUT2D eigenvalue weighted by Crippen LogP contribution is -2.20. The zero-order chi connectivity index (χ0) is 17.6. The molecule has 0 atom stereocenters. The predicted molar refractivity (Wildman–Crippen MR) is 87.1 cm³/mol. The van der Waals surface area contributed by atoms with E-state index in [1.165, 1.54) is 12.1 Å². The Kier molecular flexibility index (Phi) is 4.67. The molecule has 0 saturated heterocycles. The molecule has 0 aliphatic heterocycles. The van der Waals surface area contributed by atoms with Crippen molar-refractivity contribution >= 4 is 11.9 Å². The number of nitrogens with zero attached hydrogens (tertiary/aromatic N) is 3. The second-order valence-corrected chi connectivity index (χ2v) is 4.99.